The monoisotopic (exact) mass is 258 g/mol. The smallest absolute Gasteiger partial charge is 0.144 e. The van der Waals surface area contributed by atoms with E-state index < -0.39 is 0 Å². The number of rotatable bonds is 3. The fourth-order valence-electron chi connectivity index (χ4n) is 1.07. The minimum atomic E-state index is 0.109. The number of nitrogens with one attached hydrogen (secondary N) is 1. The molecule has 1 heterocycles. The van der Waals surface area contributed by atoms with Crippen molar-refractivity contribution in [3.05, 3.63) is 16.0 Å². The molecule has 0 radical (unpaired) electrons. The van der Waals surface area contributed by atoms with Crippen LogP contribution in [0.1, 0.15) is 18.4 Å². The molecule has 14 heavy (non-hydrogen) atoms. The Morgan fingerprint density at radius 2 is 2.07 bits per heavy atom. The van der Waals surface area contributed by atoms with Crippen molar-refractivity contribution in [2.24, 2.45) is 5.73 Å². The first-order valence-electron chi connectivity index (χ1n) is 4.51. The number of nitrogens with two attached hydrogens (primary N) is 1. The zero-order valence-corrected chi connectivity index (χ0v) is 10.2. The Hall–Kier alpha value is -0.680. The van der Waals surface area contributed by atoms with Crippen molar-refractivity contribution in [2.45, 2.75) is 26.8 Å². The van der Waals surface area contributed by atoms with Crippen LogP contribution in [0.25, 0.3) is 0 Å². The van der Waals surface area contributed by atoms with Crippen molar-refractivity contribution < 1.29 is 0 Å². The third-order valence-corrected chi connectivity index (χ3v) is 2.67. The molecule has 78 valence electrons. The maximum Gasteiger partial charge on any atom is 0.144 e. The lowest BCUT2D eigenvalue weighted by atomic mass is 10.3. The first-order valence-corrected chi connectivity index (χ1v) is 5.30. The van der Waals surface area contributed by atoms with Crippen LogP contribution in [0.15, 0.2) is 4.47 Å². The summed E-state index contributed by atoms with van der Waals surface area (Å²) in [4.78, 5) is 8.51. The molecule has 0 aromatic carbocycles. The number of hydrogen-bond donors (Lipinski definition) is 2. The molecule has 0 spiro atoms. The summed E-state index contributed by atoms with van der Waals surface area (Å²) in [5, 5.41) is 3.17. The minimum absolute atomic E-state index is 0.109. The lowest BCUT2D eigenvalue weighted by molar-refractivity contribution is 0.774. The van der Waals surface area contributed by atoms with Gasteiger partial charge in [0.15, 0.2) is 0 Å². The van der Waals surface area contributed by atoms with E-state index in [0.29, 0.717) is 6.54 Å². The maximum atomic E-state index is 5.65. The van der Waals surface area contributed by atoms with E-state index in [4.69, 9.17) is 5.73 Å². The summed E-state index contributed by atoms with van der Waals surface area (Å²) in [5.41, 5.74) is 6.58. The molecule has 0 amide bonds. The summed E-state index contributed by atoms with van der Waals surface area (Å²) in [7, 11) is 0. The molecule has 0 aliphatic heterocycles. The average Bonchev–Trinajstić information content (AvgIpc) is 2.08. The van der Waals surface area contributed by atoms with Crippen LogP contribution >= 0.6 is 15.9 Å². The molecule has 0 saturated carbocycles. The van der Waals surface area contributed by atoms with Crippen molar-refractivity contribution in [1.29, 1.82) is 0 Å². The average molecular weight is 259 g/mol. The van der Waals surface area contributed by atoms with Gasteiger partial charge in [-0.05, 0) is 36.7 Å². The van der Waals surface area contributed by atoms with Gasteiger partial charge in [-0.2, -0.15) is 0 Å². The standard InChI is InChI=1S/C9H15BrN4/c1-5(11)4-12-9-8(10)6(2)13-7(3)14-9/h5H,4,11H2,1-3H3,(H,12,13,14). The highest BCUT2D eigenvalue weighted by Crippen LogP contribution is 2.22. The van der Waals surface area contributed by atoms with Crippen LogP contribution in [0.2, 0.25) is 0 Å². The van der Waals surface area contributed by atoms with Crippen LogP contribution in [-0.4, -0.2) is 22.6 Å². The van der Waals surface area contributed by atoms with Gasteiger partial charge >= 0.3 is 0 Å². The number of aryl methyl sites for hydroxylation is 2. The molecule has 1 aromatic heterocycles. The summed E-state index contributed by atoms with van der Waals surface area (Å²) < 4.78 is 0.906. The molecule has 1 aromatic rings. The largest absolute Gasteiger partial charge is 0.367 e. The third-order valence-electron chi connectivity index (χ3n) is 1.72. The molecule has 0 bridgehead atoms. The van der Waals surface area contributed by atoms with Crippen LogP contribution in [0.5, 0.6) is 0 Å². The Morgan fingerprint density at radius 1 is 1.43 bits per heavy atom. The van der Waals surface area contributed by atoms with E-state index >= 15 is 0 Å². The van der Waals surface area contributed by atoms with Gasteiger partial charge < -0.3 is 11.1 Å². The molecule has 1 rings (SSSR count). The van der Waals surface area contributed by atoms with E-state index in [1.54, 1.807) is 0 Å². The highest BCUT2D eigenvalue weighted by atomic mass is 79.9. The normalized spacial score (nSPS) is 12.6. The Kier molecular flexibility index (Phi) is 3.83. The molecule has 5 heteroatoms. The first-order chi connectivity index (χ1) is 6.50. The SMILES string of the molecule is Cc1nc(C)c(Br)c(NCC(C)N)n1. The van der Waals surface area contributed by atoms with Gasteiger partial charge in [0.25, 0.3) is 0 Å². The van der Waals surface area contributed by atoms with Gasteiger partial charge in [-0.3, -0.25) is 0 Å². The summed E-state index contributed by atoms with van der Waals surface area (Å²) in [5.74, 6) is 1.57. The Morgan fingerprint density at radius 3 is 2.64 bits per heavy atom. The minimum Gasteiger partial charge on any atom is -0.367 e. The predicted molar refractivity (Wildman–Crippen MR) is 61.3 cm³/mol. The van der Waals surface area contributed by atoms with E-state index in [2.05, 4.69) is 31.2 Å². The molecule has 4 nitrogen and oxygen atoms in total. The van der Waals surface area contributed by atoms with E-state index in [9.17, 15) is 0 Å². The van der Waals surface area contributed by atoms with E-state index in [1.807, 2.05) is 20.8 Å². The van der Waals surface area contributed by atoms with Crippen molar-refractivity contribution in [2.75, 3.05) is 11.9 Å². The molecule has 1 unspecified atom stereocenters. The topological polar surface area (TPSA) is 63.8 Å². The lowest BCUT2D eigenvalue weighted by Crippen LogP contribution is -2.25. The molecular formula is C9H15BrN4. The number of anilines is 1. The summed E-state index contributed by atoms with van der Waals surface area (Å²) >= 11 is 3.44. The van der Waals surface area contributed by atoms with Crippen LogP contribution < -0.4 is 11.1 Å². The van der Waals surface area contributed by atoms with E-state index in [1.165, 1.54) is 0 Å². The van der Waals surface area contributed by atoms with Crippen molar-refractivity contribution in [1.82, 2.24) is 9.97 Å². The van der Waals surface area contributed by atoms with Crippen LogP contribution in [0.3, 0.4) is 0 Å². The molecule has 0 aliphatic carbocycles. The molecule has 0 saturated heterocycles. The third kappa shape index (κ3) is 2.92. The van der Waals surface area contributed by atoms with Gasteiger partial charge in [-0.1, -0.05) is 0 Å². The highest BCUT2D eigenvalue weighted by Gasteiger charge is 2.07. The molecule has 0 fully saturated rings. The van der Waals surface area contributed by atoms with Gasteiger partial charge in [0.1, 0.15) is 11.6 Å². The van der Waals surface area contributed by atoms with Crippen molar-refractivity contribution >= 4 is 21.7 Å². The Bertz CT molecular complexity index is 325. The van der Waals surface area contributed by atoms with Gasteiger partial charge in [-0.25, -0.2) is 9.97 Å². The van der Waals surface area contributed by atoms with E-state index in [-0.39, 0.29) is 6.04 Å². The Labute approximate surface area is 92.5 Å². The molecule has 1 atom stereocenters. The molecule has 0 aliphatic rings. The van der Waals surface area contributed by atoms with Crippen molar-refractivity contribution in [3.63, 3.8) is 0 Å². The van der Waals surface area contributed by atoms with Crippen LogP contribution in [-0.2, 0) is 0 Å². The van der Waals surface area contributed by atoms with E-state index in [0.717, 1.165) is 21.8 Å². The second kappa shape index (κ2) is 4.70. The zero-order valence-electron chi connectivity index (χ0n) is 8.63. The number of aromatic nitrogens is 2. The highest BCUT2D eigenvalue weighted by molar-refractivity contribution is 9.10. The summed E-state index contributed by atoms with van der Waals surface area (Å²) in [6, 6.07) is 0.109. The van der Waals surface area contributed by atoms with Gasteiger partial charge in [0.2, 0.25) is 0 Å². The van der Waals surface area contributed by atoms with Gasteiger partial charge in [-0.15, -0.1) is 0 Å². The first kappa shape index (κ1) is 11.4. The quantitative estimate of drug-likeness (QED) is 0.865. The fraction of sp³-hybridized carbons (Fsp3) is 0.556. The second-order valence-corrected chi connectivity index (χ2v) is 4.17. The summed E-state index contributed by atoms with van der Waals surface area (Å²) in [6.07, 6.45) is 0. The lowest BCUT2D eigenvalue weighted by Gasteiger charge is -2.11. The van der Waals surface area contributed by atoms with Crippen molar-refractivity contribution in [3.8, 4) is 0 Å². The second-order valence-electron chi connectivity index (χ2n) is 3.38. The number of nitrogens with zero attached hydrogens (tertiary/aromatic N) is 2. The van der Waals surface area contributed by atoms with Crippen LogP contribution in [0.4, 0.5) is 5.82 Å². The summed E-state index contributed by atoms with van der Waals surface area (Å²) in [6.45, 7) is 6.46. The molecule has 3 N–H and O–H groups in total. The number of hydrogen-bond acceptors (Lipinski definition) is 4. The number of halogens is 1. The fourth-order valence-corrected chi connectivity index (χ4v) is 1.39. The Balaban J connectivity index is 2.85. The maximum absolute atomic E-state index is 5.65. The van der Waals surface area contributed by atoms with Gasteiger partial charge in [0, 0.05) is 12.6 Å². The van der Waals surface area contributed by atoms with Gasteiger partial charge in [0.05, 0.1) is 10.2 Å². The molecular weight excluding hydrogens is 244 g/mol. The predicted octanol–water partition coefficient (Wildman–Crippen LogP) is 1.62. The van der Waals surface area contributed by atoms with Crippen LogP contribution in [0, 0.1) is 13.8 Å². The zero-order chi connectivity index (χ0) is 10.7.